The second-order valence-corrected chi connectivity index (χ2v) is 11.0. The maximum Gasteiger partial charge on any atom is 0.416 e. The lowest BCUT2D eigenvalue weighted by molar-refractivity contribution is -0.137. The minimum atomic E-state index is -4.69. The van der Waals surface area contributed by atoms with Gasteiger partial charge in [0.25, 0.3) is 0 Å². The van der Waals surface area contributed by atoms with Gasteiger partial charge in [0.1, 0.15) is 11.5 Å². The van der Waals surface area contributed by atoms with Crippen molar-refractivity contribution in [2.24, 2.45) is 0 Å². The van der Waals surface area contributed by atoms with Gasteiger partial charge in [-0.15, -0.1) is 0 Å². The maximum absolute atomic E-state index is 14.0. The van der Waals surface area contributed by atoms with Gasteiger partial charge in [-0.25, -0.2) is 22.6 Å². The van der Waals surface area contributed by atoms with Crippen LogP contribution in [0, 0.1) is 5.82 Å². The average Bonchev–Trinajstić information content (AvgIpc) is 3.32. The van der Waals surface area contributed by atoms with E-state index in [1.807, 2.05) is 6.07 Å². The van der Waals surface area contributed by atoms with Crippen molar-refractivity contribution < 1.29 is 30.8 Å². The first kappa shape index (κ1) is 26.9. The second-order valence-electron chi connectivity index (χ2n) is 8.97. The van der Waals surface area contributed by atoms with Gasteiger partial charge in [-0.2, -0.15) is 13.2 Å². The zero-order valence-electron chi connectivity index (χ0n) is 20.7. The van der Waals surface area contributed by atoms with Gasteiger partial charge in [-0.1, -0.05) is 24.3 Å². The Bertz CT molecular complexity index is 1870. The van der Waals surface area contributed by atoms with E-state index >= 15 is 0 Å². The standard InChI is InChI=1S/C28H20F4N4O3S/c1-40(38,39)21-7-3-4-16(11-21)18-12-22-23(15-34-26(22)33-14-18)17-5-2-6-20(10-17)35-27(37)36-25-13-19(28(30,31)32)8-9-24(25)29/h2-15H,1H3,(H,33,34)(H2,35,36,37). The highest BCUT2D eigenvalue weighted by Gasteiger charge is 2.31. The number of aromatic nitrogens is 2. The molecule has 0 aliphatic carbocycles. The highest BCUT2D eigenvalue weighted by molar-refractivity contribution is 7.90. The van der Waals surface area contributed by atoms with Crippen LogP contribution in [0.2, 0.25) is 0 Å². The largest absolute Gasteiger partial charge is 0.416 e. The molecule has 5 rings (SSSR count). The molecule has 7 nitrogen and oxygen atoms in total. The fourth-order valence-corrected chi connectivity index (χ4v) is 4.82. The quantitative estimate of drug-likeness (QED) is 0.197. The summed E-state index contributed by atoms with van der Waals surface area (Å²) in [6, 6.07) is 15.9. The Morgan fingerprint density at radius 2 is 1.65 bits per heavy atom. The number of fused-ring (bicyclic) bond motifs is 1. The summed E-state index contributed by atoms with van der Waals surface area (Å²) in [5.41, 5.74) is 1.94. The summed E-state index contributed by atoms with van der Waals surface area (Å²) in [4.78, 5) is 20.2. The average molecular weight is 569 g/mol. The molecule has 0 aliphatic heterocycles. The number of urea groups is 1. The van der Waals surface area contributed by atoms with Gasteiger partial charge in [0.2, 0.25) is 0 Å². The van der Waals surface area contributed by atoms with Crippen LogP contribution in [0.1, 0.15) is 5.56 Å². The highest BCUT2D eigenvalue weighted by Crippen LogP contribution is 2.34. The zero-order chi connectivity index (χ0) is 28.7. The van der Waals surface area contributed by atoms with Crippen LogP contribution in [0.15, 0.2) is 90.1 Å². The highest BCUT2D eigenvalue weighted by atomic mass is 32.2. The molecule has 0 fully saturated rings. The fraction of sp³-hybridized carbons (Fsp3) is 0.0714. The second kappa shape index (κ2) is 10.1. The molecule has 0 spiro atoms. The van der Waals surface area contributed by atoms with Crippen LogP contribution in [0.3, 0.4) is 0 Å². The number of H-pyrrole nitrogens is 1. The van der Waals surface area contributed by atoms with E-state index in [0.717, 1.165) is 17.2 Å². The van der Waals surface area contributed by atoms with E-state index in [2.05, 4.69) is 20.6 Å². The molecule has 2 aromatic heterocycles. The third kappa shape index (κ3) is 5.66. The Labute approximate surface area is 225 Å². The lowest BCUT2D eigenvalue weighted by Crippen LogP contribution is -2.20. The van der Waals surface area contributed by atoms with Gasteiger partial charge in [-0.3, -0.25) is 0 Å². The number of aromatic amines is 1. The number of halogens is 4. The number of hydrogen-bond acceptors (Lipinski definition) is 4. The molecule has 0 saturated heterocycles. The number of carbonyl (C=O) groups is 1. The first-order valence-electron chi connectivity index (χ1n) is 11.7. The molecule has 12 heteroatoms. The number of alkyl halides is 3. The van der Waals surface area contributed by atoms with Crippen molar-refractivity contribution >= 4 is 38.3 Å². The normalized spacial score (nSPS) is 11.9. The van der Waals surface area contributed by atoms with Crippen LogP contribution in [0.4, 0.5) is 33.7 Å². The smallest absolute Gasteiger partial charge is 0.346 e. The van der Waals surface area contributed by atoms with Crippen molar-refractivity contribution in [3.05, 3.63) is 96.6 Å². The number of nitrogens with one attached hydrogen (secondary N) is 3. The molecule has 0 atom stereocenters. The van der Waals surface area contributed by atoms with Gasteiger partial charge in [0, 0.05) is 40.8 Å². The minimum absolute atomic E-state index is 0.182. The van der Waals surface area contributed by atoms with Crippen molar-refractivity contribution in [1.82, 2.24) is 9.97 Å². The molecular weight excluding hydrogens is 548 g/mol. The van der Waals surface area contributed by atoms with E-state index in [-0.39, 0.29) is 4.90 Å². The molecule has 40 heavy (non-hydrogen) atoms. The van der Waals surface area contributed by atoms with Crippen LogP contribution in [-0.2, 0) is 16.0 Å². The lowest BCUT2D eigenvalue weighted by atomic mass is 10.0. The number of rotatable bonds is 5. The minimum Gasteiger partial charge on any atom is -0.346 e. The molecule has 2 heterocycles. The molecule has 5 aromatic rings. The fourth-order valence-electron chi connectivity index (χ4n) is 4.15. The Balaban J connectivity index is 1.41. The molecule has 3 N–H and O–H groups in total. The summed E-state index contributed by atoms with van der Waals surface area (Å²) in [7, 11) is -3.40. The number of anilines is 2. The van der Waals surface area contributed by atoms with E-state index in [9.17, 15) is 30.8 Å². The van der Waals surface area contributed by atoms with E-state index in [1.54, 1.807) is 54.9 Å². The number of carbonyl (C=O) groups excluding carboxylic acids is 1. The number of nitrogens with zero attached hydrogens (tertiary/aromatic N) is 1. The number of sulfone groups is 1. The molecule has 0 bridgehead atoms. The predicted molar refractivity (Wildman–Crippen MR) is 144 cm³/mol. The SMILES string of the molecule is CS(=O)(=O)c1cccc(-c2cnc3[nH]cc(-c4cccc(NC(=O)Nc5cc(C(F)(F)F)ccc5F)c4)c3c2)c1. The van der Waals surface area contributed by atoms with E-state index in [0.29, 0.717) is 46.2 Å². The Morgan fingerprint density at radius 1 is 0.900 bits per heavy atom. The van der Waals surface area contributed by atoms with Crippen LogP contribution < -0.4 is 10.6 Å². The number of benzene rings is 3. The summed E-state index contributed by atoms with van der Waals surface area (Å²) in [5, 5.41) is 5.35. The van der Waals surface area contributed by atoms with Gasteiger partial charge in [-0.05, 0) is 59.7 Å². The first-order chi connectivity index (χ1) is 18.9. The maximum atomic E-state index is 14.0. The monoisotopic (exact) mass is 568 g/mol. The third-order valence-corrected chi connectivity index (χ3v) is 7.21. The Hall–Kier alpha value is -4.71. The summed E-state index contributed by atoms with van der Waals surface area (Å²) in [5.74, 6) is -1.01. The van der Waals surface area contributed by atoms with Crippen molar-refractivity contribution in [2.75, 3.05) is 16.9 Å². The molecule has 2 amide bonds. The van der Waals surface area contributed by atoms with Gasteiger partial charge in [0.15, 0.2) is 9.84 Å². The van der Waals surface area contributed by atoms with E-state index < -0.39 is 39.1 Å². The summed E-state index contributed by atoms with van der Waals surface area (Å²) in [6.45, 7) is 0. The molecule has 204 valence electrons. The first-order valence-corrected chi connectivity index (χ1v) is 13.6. The van der Waals surface area contributed by atoms with Crippen molar-refractivity contribution in [2.45, 2.75) is 11.1 Å². The number of hydrogen-bond donors (Lipinski definition) is 3. The van der Waals surface area contributed by atoms with Gasteiger partial charge < -0.3 is 15.6 Å². The van der Waals surface area contributed by atoms with Crippen molar-refractivity contribution in [1.29, 1.82) is 0 Å². The summed E-state index contributed by atoms with van der Waals surface area (Å²) in [6.07, 6.45) is -0.209. The van der Waals surface area contributed by atoms with Crippen LogP contribution in [-0.4, -0.2) is 30.7 Å². The zero-order valence-corrected chi connectivity index (χ0v) is 21.5. The molecular formula is C28H20F4N4O3S. The Morgan fingerprint density at radius 3 is 2.40 bits per heavy atom. The molecule has 0 unspecified atom stereocenters. The predicted octanol–water partition coefficient (Wildman–Crippen LogP) is 7.10. The van der Waals surface area contributed by atoms with Crippen LogP contribution >= 0.6 is 0 Å². The van der Waals surface area contributed by atoms with Crippen LogP contribution in [0.25, 0.3) is 33.3 Å². The summed E-state index contributed by atoms with van der Waals surface area (Å²) < 4.78 is 77.0. The number of pyridine rings is 1. The van der Waals surface area contributed by atoms with Crippen molar-refractivity contribution in [3.8, 4) is 22.3 Å². The molecule has 0 aliphatic rings. The van der Waals surface area contributed by atoms with E-state index in [1.165, 1.54) is 6.07 Å². The molecule has 0 saturated carbocycles. The van der Waals surface area contributed by atoms with E-state index in [4.69, 9.17) is 0 Å². The lowest BCUT2D eigenvalue weighted by Gasteiger charge is -2.12. The van der Waals surface area contributed by atoms with Gasteiger partial charge in [0.05, 0.1) is 16.1 Å². The number of amides is 2. The van der Waals surface area contributed by atoms with Crippen LogP contribution in [0.5, 0.6) is 0 Å². The molecule has 0 radical (unpaired) electrons. The van der Waals surface area contributed by atoms with Crippen molar-refractivity contribution in [3.63, 3.8) is 0 Å². The summed E-state index contributed by atoms with van der Waals surface area (Å²) >= 11 is 0. The Kier molecular flexibility index (Phi) is 6.80. The third-order valence-electron chi connectivity index (χ3n) is 6.10. The molecule has 3 aromatic carbocycles. The van der Waals surface area contributed by atoms with Gasteiger partial charge >= 0.3 is 12.2 Å². The topological polar surface area (TPSA) is 104 Å².